The van der Waals surface area contributed by atoms with Crippen molar-refractivity contribution in [3.8, 4) is 11.5 Å². The molecule has 6 nitrogen and oxygen atoms in total. The zero-order valence-corrected chi connectivity index (χ0v) is 14.4. The summed E-state index contributed by atoms with van der Waals surface area (Å²) in [5.41, 5.74) is 8.02. The van der Waals surface area contributed by atoms with E-state index in [0.717, 1.165) is 10.2 Å². The van der Waals surface area contributed by atoms with E-state index in [2.05, 4.69) is 21.9 Å². The number of methoxy groups -OCH3 is 2. The Kier molecular flexibility index (Phi) is 4.52. The van der Waals surface area contributed by atoms with E-state index in [-0.39, 0.29) is 5.91 Å². The third kappa shape index (κ3) is 3.26. The second-order valence-electron chi connectivity index (χ2n) is 5.14. The van der Waals surface area contributed by atoms with Crippen LogP contribution in [0.5, 0.6) is 11.5 Å². The van der Waals surface area contributed by atoms with Crippen LogP contribution in [0.15, 0.2) is 36.4 Å². The first-order chi connectivity index (χ1) is 11.6. The largest absolute Gasteiger partial charge is 0.493 e. The normalized spacial score (nSPS) is 10.5. The van der Waals surface area contributed by atoms with Gasteiger partial charge >= 0.3 is 0 Å². The lowest BCUT2D eigenvalue weighted by Crippen LogP contribution is -2.29. The zero-order chi connectivity index (χ0) is 17.1. The summed E-state index contributed by atoms with van der Waals surface area (Å²) in [5.74, 6) is 0.788. The van der Waals surface area contributed by atoms with Crippen LogP contribution in [0.2, 0.25) is 0 Å². The van der Waals surface area contributed by atoms with Crippen LogP contribution in [0.25, 0.3) is 10.2 Å². The van der Waals surface area contributed by atoms with Gasteiger partial charge in [0.25, 0.3) is 5.91 Å². The first-order valence-corrected chi connectivity index (χ1v) is 8.08. The van der Waals surface area contributed by atoms with Crippen molar-refractivity contribution < 1.29 is 14.3 Å². The van der Waals surface area contributed by atoms with Gasteiger partial charge in [0.1, 0.15) is 0 Å². The van der Waals surface area contributed by atoms with Crippen molar-refractivity contribution in [2.24, 2.45) is 0 Å². The van der Waals surface area contributed by atoms with Crippen molar-refractivity contribution >= 4 is 32.6 Å². The number of amides is 1. The second-order valence-corrected chi connectivity index (χ2v) is 6.17. The van der Waals surface area contributed by atoms with E-state index in [1.165, 1.54) is 24.0 Å². The Balaban J connectivity index is 1.72. The quantitative estimate of drug-likeness (QED) is 0.695. The Bertz CT molecular complexity index is 892. The molecule has 24 heavy (non-hydrogen) atoms. The molecule has 3 aromatic rings. The van der Waals surface area contributed by atoms with E-state index in [0.29, 0.717) is 22.2 Å². The molecule has 3 rings (SSSR count). The maximum atomic E-state index is 12.3. The molecule has 0 bridgehead atoms. The molecule has 1 aromatic heterocycles. The second kappa shape index (κ2) is 6.76. The fraction of sp³-hybridized carbons (Fsp3) is 0.176. The highest BCUT2D eigenvalue weighted by molar-refractivity contribution is 7.22. The van der Waals surface area contributed by atoms with Gasteiger partial charge < -0.3 is 9.47 Å². The van der Waals surface area contributed by atoms with Crippen LogP contribution in [-0.4, -0.2) is 25.1 Å². The van der Waals surface area contributed by atoms with E-state index in [1.54, 1.807) is 25.3 Å². The third-order valence-electron chi connectivity index (χ3n) is 3.47. The summed E-state index contributed by atoms with van der Waals surface area (Å²) in [7, 11) is 3.08. The Labute approximate surface area is 143 Å². The molecule has 1 amide bonds. The number of ether oxygens (including phenoxy) is 2. The van der Waals surface area contributed by atoms with Gasteiger partial charge in [-0.05, 0) is 42.8 Å². The van der Waals surface area contributed by atoms with Gasteiger partial charge in [0.15, 0.2) is 11.5 Å². The molecule has 1 heterocycles. The average Bonchev–Trinajstić information content (AvgIpc) is 3.00. The number of carbonyl (C=O) groups is 1. The maximum absolute atomic E-state index is 12.3. The number of thiazole rings is 1. The summed E-state index contributed by atoms with van der Waals surface area (Å²) in [6.07, 6.45) is 0. The van der Waals surface area contributed by atoms with Crippen LogP contribution in [0.3, 0.4) is 0 Å². The van der Waals surface area contributed by atoms with Gasteiger partial charge in [-0.2, -0.15) is 0 Å². The number of anilines is 1. The summed E-state index contributed by atoms with van der Waals surface area (Å²) in [5, 5.41) is 0.629. The van der Waals surface area contributed by atoms with Crippen LogP contribution < -0.4 is 20.3 Å². The fourth-order valence-corrected chi connectivity index (χ4v) is 3.16. The highest BCUT2D eigenvalue weighted by Gasteiger charge is 2.11. The molecule has 2 aromatic carbocycles. The van der Waals surface area contributed by atoms with Gasteiger partial charge in [0.2, 0.25) is 5.13 Å². The number of hydrazine groups is 1. The zero-order valence-electron chi connectivity index (χ0n) is 13.5. The van der Waals surface area contributed by atoms with Gasteiger partial charge in [0, 0.05) is 5.56 Å². The molecule has 0 aliphatic heterocycles. The molecule has 0 fully saturated rings. The van der Waals surface area contributed by atoms with Gasteiger partial charge in [0.05, 0.1) is 24.4 Å². The lowest BCUT2D eigenvalue weighted by Gasteiger charge is -2.10. The number of nitrogens with zero attached hydrogens (tertiary/aromatic N) is 1. The molecule has 124 valence electrons. The minimum atomic E-state index is -0.286. The van der Waals surface area contributed by atoms with Gasteiger partial charge in [-0.3, -0.25) is 15.6 Å². The topological polar surface area (TPSA) is 72.5 Å². The molecule has 7 heteroatoms. The molecule has 0 radical (unpaired) electrons. The minimum Gasteiger partial charge on any atom is -0.493 e. The molecular formula is C17H17N3O3S. The highest BCUT2D eigenvalue weighted by atomic mass is 32.1. The number of aromatic nitrogens is 1. The van der Waals surface area contributed by atoms with Crippen LogP contribution in [0.4, 0.5) is 5.13 Å². The number of hydrogen-bond acceptors (Lipinski definition) is 6. The predicted molar refractivity (Wildman–Crippen MR) is 95.0 cm³/mol. The Morgan fingerprint density at radius 1 is 1.08 bits per heavy atom. The monoisotopic (exact) mass is 343 g/mol. The van der Waals surface area contributed by atoms with Crippen LogP contribution in [0.1, 0.15) is 15.9 Å². The van der Waals surface area contributed by atoms with Crippen molar-refractivity contribution in [2.75, 3.05) is 19.6 Å². The molecule has 2 N–H and O–H groups in total. The predicted octanol–water partition coefficient (Wildman–Crippen LogP) is 3.38. The molecule has 0 unspecified atom stereocenters. The molecule has 0 saturated heterocycles. The Hall–Kier alpha value is -2.80. The lowest BCUT2D eigenvalue weighted by atomic mass is 10.2. The number of aryl methyl sites for hydroxylation is 1. The first-order valence-electron chi connectivity index (χ1n) is 7.26. The molecule has 0 aliphatic carbocycles. The third-order valence-corrected chi connectivity index (χ3v) is 4.41. The molecule has 0 aliphatic rings. The van der Waals surface area contributed by atoms with Gasteiger partial charge in [-0.15, -0.1) is 0 Å². The number of benzene rings is 2. The van der Waals surface area contributed by atoms with Crippen LogP contribution >= 0.6 is 11.3 Å². The number of nitrogens with one attached hydrogen (secondary N) is 2. The van der Waals surface area contributed by atoms with Crippen molar-refractivity contribution in [1.82, 2.24) is 10.4 Å². The van der Waals surface area contributed by atoms with Gasteiger partial charge in [-0.1, -0.05) is 17.4 Å². The smallest absolute Gasteiger partial charge is 0.269 e. The first kappa shape index (κ1) is 16.1. The number of fused-ring (bicyclic) bond motifs is 1. The van der Waals surface area contributed by atoms with Gasteiger partial charge in [-0.25, -0.2) is 4.98 Å². The number of rotatable bonds is 5. The minimum absolute atomic E-state index is 0.286. The number of carbonyl (C=O) groups excluding carboxylic acids is 1. The standard InChI is InChI=1S/C17H17N3O3S/c1-10-4-6-12-15(8-10)24-17(18-12)20-19-16(21)11-5-7-13(22-2)14(9-11)23-3/h4-9H,1-3H3,(H,18,20)(H,19,21). The van der Waals surface area contributed by atoms with Crippen molar-refractivity contribution in [3.63, 3.8) is 0 Å². The van der Waals surface area contributed by atoms with Crippen molar-refractivity contribution in [3.05, 3.63) is 47.5 Å². The van der Waals surface area contributed by atoms with Crippen molar-refractivity contribution in [1.29, 1.82) is 0 Å². The van der Waals surface area contributed by atoms with E-state index < -0.39 is 0 Å². The molecule has 0 spiro atoms. The van der Waals surface area contributed by atoms with Crippen LogP contribution in [-0.2, 0) is 0 Å². The van der Waals surface area contributed by atoms with E-state index >= 15 is 0 Å². The summed E-state index contributed by atoms with van der Waals surface area (Å²) in [6, 6.07) is 11.0. The van der Waals surface area contributed by atoms with E-state index in [1.807, 2.05) is 19.1 Å². The summed E-state index contributed by atoms with van der Waals surface area (Å²) in [4.78, 5) is 16.7. The molecular weight excluding hydrogens is 326 g/mol. The van der Waals surface area contributed by atoms with E-state index in [4.69, 9.17) is 9.47 Å². The highest BCUT2D eigenvalue weighted by Crippen LogP contribution is 2.28. The Morgan fingerprint density at radius 2 is 1.88 bits per heavy atom. The fourth-order valence-electron chi connectivity index (χ4n) is 2.25. The maximum Gasteiger partial charge on any atom is 0.269 e. The Morgan fingerprint density at radius 3 is 2.62 bits per heavy atom. The van der Waals surface area contributed by atoms with Crippen LogP contribution in [0, 0.1) is 6.92 Å². The molecule has 0 saturated carbocycles. The SMILES string of the molecule is COc1ccc(C(=O)NNc2nc3ccc(C)cc3s2)cc1OC. The lowest BCUT2D eigenvalue weighted by molar-refractivity contribution is 0.0962. The van der Waals surface area contributed by atoms with Crippen molar-refractivity contribution in [2.45, 2.75) is 6.92 Å². The molecule has 0 atom stereocenters. The summed E-state index contributed by atoms with van der Waals surface area (Å²) < 4.78 is 11.4. The number of hydrogen-bond donors (Lipinski definition) is 2. The summed E-state index contributed by atoms with van der Waals surface area (Å²) in [6.45, 7) is 2.03. The average molecular weight is 343 g/mol. The van der Waals surface area contributed by atoms with E-state index in [9.17, 15) is 4.79 Å². The summed E-state index contributed by atoms with van der Waals surface area (Å²) >= 11 is 1.48.